The normalized spacial score (nSPS) is 20.4. The zero-order chi connectivity index (χ0) is 13.4. The van der Waals surface area contributed by atoms with Crippen molar-refractivity contribution in [2.24, 2.45) is 5.92 Å². The topological polar surface area (TPSA) is 81.7 Å². The molecule has 0 aliphatic carbocycles. The Morgan fingerprint density at radius 3 is 2.83 bits per heavy atom. The van der Waals surface area contributed by atoms with E-state index in [0.717, 1.165) is 19.5 Å². The highest BCUT2D eigenvalue weighted by atomic mass is 16.4. The summed E-state index contributed by atoms with van der Waals surface area (Å²) >= 11 is 0. The summed E-state index contributed by atoms with van der Waals surface area (Å²) in [7, 11) is 2.10. The largest absolute Gasteiger partial charge is 0.481 e. The molecule has 6 heteroatoms. The van der Waals surface area contributed by atoms with E-state index >= 15 is 0 Å². The summed E-state index contributed by atoms with van der Waals surface area (Å²) in [6, 6.07) is -0.200. The van der Waals surface area contributed by atoms with Gasteiger partial charge in [-0.1, -0.05) is 0 Å². The van der Waals surface area contributed by atoms with Crippen LogP contribution in [0.3, 0.4) is 0 Å². The Bertz CT molecular complexity index is 284. The third-order valence-electron chi connectivity index (χ3n) is 3.13. The van der Waals surface area contributed by atoms with Crippen molar-refractivity contribution in [1.82, 2.24) is 15.5 Å². The van der Waals surface area contributed by atoms with Crippen molar-refractivity contribution in [2.45, 2.75) is 25.7 Å². The number of nitrogens with one attached hydrogen (secondary N) is 2. The second-order valence-electron chi connectivity index (χ2n) is 4.90. The first kappa shape index (κ1) is 14.8. The quantitative estimate of drug-likeness (QED) is 0.605. The number of aliphatic carboxylic acids is 1. The summed E-state index contributed by atoms with van der Waals surface area (Å²) in [5, 5.41) is 13.9. The lowest BCUT2D eigenvalue weighted by Crippen LogP contribution is -2.42. The molecule has 1 aliphatic rings. The van der Waals surface area contributed by atoms with Gasteiger partial charge in [0.15, 0.2) is 0 Å². The molecule has 1 rings (SSSR count). The highest BCUT2D eigenvalue weighted by Crippen LogP contribution is 2.13. The van der Waals surface area contributed by atoms with Crippen LogP contribution in [0.1, 0.15) is 25.7 Å². The van der Waals surface area contributed by atoms with E-state index in [9.17, 15) is 9.59 Å². The number of likely N-dealkylation sites (tertiary alicyclic amines) is 1. The third kappa shape index (κ3) is 6.44. The minimum Gasteiger partial charge on any atom is -0.481 e. The van der Waals surface area contributed by atoms with Gasteiger partial charge in [0.2, 0.25) is 0 Å². The Morgan fingerprint density at radius 2 is 2.17 bits per heavy atom. The van der Waals surface area contributed by atoms with E-state index in [1.807, 2.05) is 0 Å². The van der Waals surface area contributed by atoms with Gasteiger partial charge in [-0.2, -0.15) is 0 Å². The molecule has 0 bridgehead atoms. The second-order valence-corrected chi connectivity index (χ2v) is 4.90. The van der Waals surface area contributed by atoms with Gasteiger partial charge in [0, 0.05) is 26.1 Å². The second kappa shape index (κ2) is 7.92. The van der Waals surface area contributed by atoms with Crippen molar-refractivity contribution >= 4 is 12.0 Å². The number of carbonyl (C=O) groups excluding carboxylic acids is 1. The van der Waals surface area contributed by atoms with Gasteiger partial charge in [0.25, 0.3) is 0 Å². The number of hydrogen-bond donors (Lipinski definition) is 3. The predicted molar refractivity (Wildman–Crippen MR) is 68.5 cm³/mol. The standard InChI is InChI=1S/C12H23N3O3/c1-15-7-3-4-10(9-15)8-14-12(18)13-6-2-5-11(16)17/h10H,2-9H2,1H3,(H,16,17)(H2,13,14,18). The monoisotopic (exact) mass is 257 g/mol. The minimum atomic E-state index is -0.831. The molecule has 6 nitrogen and oxygen atoms in total. The van der Waals surface area contributed by atoms with Gasteiger partial charge in [-0.3, -0.25) is 4.79 Å². The lowest BCUT2D eigenvalue weighted by atomic mass is 9.99. The molecule has 0 aromatic carbocycles. The highest BCUT2D eigenvalue weighted by Gasteiger charge is 2.17. The predicted octanol–water partition coefficient (Wildman–Crippen LogP) is 0.492. The van der Waals surface area contributed by atoms with Crippen molar-refractivity contribution in [3.05, 3.63) is 0 Å². The van der Waals surface area contributed by atoms with Crippen LogP contribution in [0.4, 0.5) is 4.79 Å². The number of nitrogens with zero attached hydrogens (tertiary/aromatic N) is 1. The van der Waals surface area contributed by atoms with Crippen LogP contribution in [-0.2, 0) is 4.79 Å². The van der Waals surface area contributed by atoms with Crippen LogP contribution in [0.15, 0.2) is 0 Å². The molecule has 104 valence electrons. The smallest absolute Gasteiger partial charge is 0.314 e. The molecule has 0 saturated carbocycles. The van der Waals surface area contributed by atoms with Gasteiger partial charge in [-0.15, -0.1) is 0 Å². The Balaban J connectivity index is 2.04. The van der Waals surface area contributed by atoms with E-state index in [4.69, 9.17) is 5.11 Å². The molecule has 1 heterocycles. The average Bonchev–Trinajstić information content (AvgIpc) is 2.32. The van der Waals surface area contributed by atoms with E-state index in [0.29, 0.717) is 25.4 Å². The van der Waals surface area contributed by atoms with E-state index in [1.165, 1.54) is 6.42 Å². The summed E-state index contributed by atoms with van der Waals surface area (Å²) in [5.74, 6) is -0.309. The summed E-state index contributed by atoms with van der Waals surface area (Å²) in [5.41, 5.74) is 0. The van der Waals surface area contributed by atoms with Crippen LogP contribution >= 0.6 is 0 Å². The van der Waals surface area contributed by atoms with Gasteiger partial charge < -0.3 is 20.6 Å². The van der Waals surface area contributed by atoms with Crippen molar-refractivity contribution < 1.29 is 14.7 Å². The van der Waals surface area contributed by atoms with Gasteiger partial charge in [-0.05, 0) is 38.8 Å². The van der Waals surface area contributed by atoms with E-state index < -0.39 is 5.97 Å². The molecule has 0 spiro atoms. The maximum absolute atomic E-state index is 11.4. The number of amides is 2. The molecule has 0 aromatic rings. The Hall–Kier alpha value is -1.30. The van der Waals surface area contributed by atoms with Gasteiger partial charge in [0.05, 0.1) is 0 Å². The first-order valence-electron chi connectivity index (χ1n) is 6.50. The zero-order valence-electron chi connectivity index (χ0n) is 10.9. The maximum Gasteiger partial charge on any atom is 0.314 e. The van der Waals surface area contributed by atoms with E-state index in [1.54, 1.807) is 0 Å². The molecule has 0 radical (unpaired) electrons. The summed E-state index contributed by atoms with van der Waals surface area (Å²) < 4.78 is 0. The van der Waals surface area contributed by atoms with Crippen molar-refractivity contribution in [3.63, 3.8) is 0 Å². The fourth-order valence-corrected chi connectivity index (χ4v) is 2.18. The fraction of sp³-hybridized carbons (Fsp3) is 0.833. The number of carbonyl (C=O) groups is 2. The third-order valence-corrected chi connectivity index (χ3v) is 3.13. The Labute approximate surface area is 108 Å². The molecule has 2 amide bonds. The molecule has 1 atom stereocenters. The number of hydrogen-bond acceptors (Lipinski definition) is 3. The van der Waals surface area contributed by atoms with E-state index in [2.05, 4.69) is 22.6 Å². The lowest BCUT2D eigenvalue weighted by Gasteiger charge is -2.29. The summed E-state index contributed by atoms with van der Waals surface area (Å²) in [6.07, 6.45) is 2.90. The van der Waals surface area contributed by atoms with Crippen molar-refractivity contribution in [1.29, 1.82) is 0 Å². The molecule has 3 N–H and O–H groups in total. The molecule has 0 aromatic heterocycles. The summed E-state index contributed by atoms with van der Waals surface area (Å²) in [4.78, 5) is 24.0. The fourth-order valence-electron chi connectivity index (χ4n) is 2.18. The van der Waals surface area contributed by atoms with Crippen molar-refractivity contribution in [2.75, 3.05) is 33.2 Å². The van der Waals surface area contributed by atoms with Gasteiger partial charge in [0.1, 0.15) is 0 Å². The zero-order valence-corrected chi connectivity index (χ0v) is 10.9. The SMILES string of the molecule is CN1CCCC(CNC(=O)NCCCC(=O)O)C1. The van der Waals surface area contributed by atoms with E-state index in [-0.39, 0.29) is 12.5 Å². The minimum absolute atomic E-state index is 0.0910. The average molecular weight is 257 g/mol. The van der Waals surface area contributed by atoms with Crippen molar-refractivity contribution in [3.8, 4) is 0 Å². The Morgan fingerprint density at radius 1 is 1.39 bits per heavy atom. The van der Waals surface area contributed by atoms with Gasteiger partial charge in [-0.25, -0.2) is 4.79 Å². The molecule has 1 aliphatic heterocycles. The molecule has 1 fully saturated rings. The van der Waals surface area contributed by atoms with Crippen LogP contribution < -0.4 is 10.6 Å². The van der Waals surface area contributed by atoms with Crippen LogP contribution in [0.5, 0.6) is 0 Å². The lowest BCUT2D eigenvalue weighted by molar-refractivity contribution is -0.137. The number of urea groups is 1. The first-order chi connectivity index (χ1) is 8.58. The van der Waals surface area contributed by atoms with Crippen LogP contribution in [0.25, 0.3) is 0 Å². The number of rotatable bonds is 6. The maximum atomic E-state index is 11.4. The molecule has 18 heavy (non-hydrogen) atoms. The Kier molecular flexibility index (Phi) is 6.49. The molecule has 1 saturated heterocycles. The highest BCUT2D eigenvalue weighted by molar-refractivity contribution is 5.73. The number of carboxylic acids is 1. The molecular formula is C12H23N3O3. The molecular weight excluding hydrogens is 234 g/mol. The number of piperidine rings is 1. The van der Waals surface area contributed by atoms with Gasteiger partial charge >= 0.3 is 12.0 Å². The number of carboxylic acid groups (broad SMARTS) is 1. The first-order valence-corrected chi connectivity index (χ1v) is 6.50. The van der Waals surface area contributed by atoms with Crippen LogP contribution in [-0.4, -0.2) is 55.2 Å². The molecule has 1 unspecified atom stereocenters. The van der Waals surface area contributed by atoms with Crippen LogP contribution in [0.2, 0.25) is 0 Å². The van der Waals surface area contributed by atoms with Crippen LogP contribution in [0, 0.1) is 5.92 Å². The summed E-state index contributed by atoms with van der Waals surface area (Å²) in [6.45, 7) is 3.26.